The normalized spacial score (nSPS) is 18.3. The van der Waals surface area contributed by atoms with E-state index in [1.807, 2.05) is 42.3 Å². The summed E-state index contributed by atoms with van der Waals surface area (Å²) in [6.45, 7) is 2.79. The van der Waals surface area contributed by atoms with Crippen LogP contribution in [0.25, 0.3) is 0 Å². The Balaban J connectivity index is 1.60. The number of hydrogen-bond donors (Lipinski definition) is 0. The van der Waals surface area contributed by atoms with Gasteiger partial charge >= 0.3 is 0 Å². The monoisotopic (exact) mass is 297 g/mol. The number of anilines is 1. The number of nitriles is 1. The van der Waals surface area contributed by atoms with Crippen LogP contribution in [0.4, 0.5) is 5.95 Å². The van der Waals surface area contributed by atoms with Gasteiger partial charge in [-0.3, -0.25) is 9.58 Å². The minimum absolute atomic E-state index is 0.337. The predicted octanol–water partition coefficient (Wildman–Crippen LogP) is 1.06. The standard InChI is InChI=1S/C15H19N7/c1-20(2)15-17-6-13(7-18-15)9-21-4-3-14(11-21)22-10-12(5-16)8-19-22/h6-8,10,14H,3-4,9,11H2,1-2H3. The van der Waals surface area contributed by atoms with Crippen molar-refractivity contribution >= 4 is 5.95 Å². The van der Waals surface area contributed by atoms with E-state index < -0.39 is 0 Å². The van der Waals surface area contributed by atoms with Gasteiger partial charge in [0, 0.05) is 57.9 Å². The van der Waals surface area contributed by atoms with E-state index in [2.05, 4.69) is 26.0 Å². The van der Waals surface area contributed by atoms with Crippen LogP contribution in [-0.2, 0) is 6.54 Å². The predicted molar refractivity (Wildman–Crippen MR) is 82.2 cm³/mol. The molecule has 0 bridgehead atoms. The van der Waals surface area contributed by atoms with E-state index in [1.54, 1.807) is 6.20 Å². The SMILES string of the molecule is CN(C)c1ncc(CN2CCC(n3cc(C#N)cn3)C2)cn1. The smallest absolute Gasteiger partial charge is 0.224 e. The van der Waals surface area contributed by atoms with Gasteiger partial charge < -0.3 is 4.90 Å². The molecular weight excluding hydrogens is 278 g/mol. The minimum atomic E-state index is 0.337. The molecule has 1 saturated heterocycles. The van der Waals surface area contributed by atoms with Crippen molar-refractivity contribution in [2.45, 2.75) is 19.0 Å². The summed E-state index contributed by atoms with van der Waals surface area (Å²) in [7, 11) is 3.86. The highest BCUT2D eigenvalue weighted by Crippen LogP contribution is 2.22. The second-order valence-corrected chi connectivity index (χ2v) is 5.78. The van der Waals surface area contributed by atoms with E-state index in [-0.39, 0.29) is 0 Å². The maximum absolute atomic E-state index is 8.87. The molecule has 7 heteroatoms. The molecular formula is C15H19N7. The Bertz CT molecular complexity index is 668. The van der Waals surface area contributed by atoms with Gasteiger partial charge in [-0.2, -0.15) is 10.4 Å². The highest BCUT2D eigenvalue weighted by molar-refractivity contribution is 5.26. The zero-order valence-corrected chi connectivity index (χ0v) is 12.8. The van der Waals surface area contributed by atoms with Crippen molar-refractivity contribution in [2.75, 3.05) is 32.1 Å². The van der Waals surface area contributed by atoms with Gasteiger partial charge in [0.1, 0.15) is 6.07 Å². The quantitative estimate of drug-likeness (QED) is 0.840. The number of nitrogens with zero attached hydrogens (tertiary/aromatic N) is 7. The Morgan fingerprint density at radius 3 is 2.73 bits per heavy atom. The van der Waals surface area contributed by atoms with E-state index in [0.717, 1.165) is 37.6 Å². The van der Waals surface area contributed by atoms with E-state index >= 15 is 0 Å². The molecule has 1 unspecified atom stereocenters. The Morgan fingerprint density at radius 2 is 2.09 bits per heavy atom. The summed E-state index contributed by atoms with van der Waals surface area (Å²) in [4.78, 5) is 12.9. The van der Waals surface area contributed by atoms with Gasteiger partial charge in [0.15, 0.2) is 0 Å². The Labute approximate surface area is 129 Å². The van der Waals surface area contributed by atoms with Crippen molar-refractivity contribution in [3.63, 3.8) is 0 Å². The molecule has 0 spiro atoms. The lowest BCUT2D eigenvalue weighted by Gasteiger charge is -2.16. The summed E-state index contributed by atoms with van der Waals surface area (Å²) >= 11 is 0. The average Bonchev–Trinajstić information content (AvgIpc) is 3.16. The summed E-state index contributed by atoms with van der Waals surface area (Å²) in [6, 6.07) is 2.46. The molecule has 3 rings (SSSR count). The topological polar surface area (TPSA) is 73.9 Å². The molecule has 0 radical (unpaired) electrons. The molecule has 1 aliphatic heterocycles. The molecule has 1 atom stereocenters. The summed E-state index contributed by atoms with van der Waals surface area (Å²) in [5.41, 5.74) is 1.73. The van der Waals surface area contributed by atoms with Crippen LogP contribution in [0.15, 0.2) is 24.8 Å². The summed E-state index contributed by atoms with van der Waals surface area (Å²) in [6.07, 6.45) is 8.26. The summed E-state index contributed by atoms with van der Waals surface area (Å²) < 4.78 is 1.91. The average molecular weight is 297 g/mol. The largest absolute Gasteiger partial charge is 0.347 e. The Kier molecular flexibility index (Phi) is 4.02. The van der Waals surface area contributed by atoms with Gasteiger partial charge in [-0.1, -0.05) is 0 Å². The molecule has 7 nitrogen and oxygen atoms in total. The van der Waals surface area contributed by atoms with Crippen LogP contribution in [0.5, 0.6) is 0 Å². The number of rotatable bonds is 4. The van der Waals surface area contributed by atoms with Crippen LogP contribution in [0, 0.1) is 11.3 Å². The van der Waals surface area contributed by atoms with Gasteiger partial charge in [-0.25, -0.2) is 9.97 Å². The summed E-state index contributed by atoms with van der Waals surface area (Å²) in [5.74, 6) is 0.726. The van der Waals surface area contributed by atoms with Gasteiger partial charge in [-0.15, -0.1) is 0 Å². The molecule has 1 fully saturated rings. The highest BCUT2D eigenvalue weighted by atomic mass is 15.3. The maximum Gasteiger partial charge on any atom is 0.224 e. The number of hydrogen-bond acceptors (Lipinski definition) is 6. The molecule has 22 heavy (non-hydrogen) atoms. The fourth-order valence-corrected chi connectivity index (χ4v) is 2.69. The first-order chi connectivity index (χ1) is 10.7. The van der Waals surface area contributed by atoms with Crippen LogP contribution in [-0.4, -0.2) is 51.8 Å². The van der Waals surface area contributed by atoms with Crippen LogP contribution in [0.3, 0.4) is 0 Å². The third-order valence-corrected chi connectivity index (χ3v) is 3.85. The lowest BCUT2D eigenvalue weighted by atomic mass is 10.3. The van der Waals surface area contributed by atoms with Crippen LogP contribution >= 0.6 is 0 Å². The van der Waals surface area contributed by atoms with Crippen molar-refractivity contribution in [3.8, 4) is 6.07 Å². The van der Waals surface area contributed by atoms with E-state index in [1.165, 1.54) is 0 Å². The molecule has 0 aliphatic carbocycles. The Morgan fingerprint density at radius 1 is 1.32 bits per heavy atom. The Hall–Kier alpha value is -2.46. The first-order valence-electron chi connectivity index (χ1n) is 7.30. The third-order valence-electron chi connectivity index (χ3n) is 3.85. The molecule has 0 saturated carbocycles. The molecule has 0 N–H and O–H groups in total. The van der Waals surface area contributed by atoms with Gasteiger partial charge in [0.05, 0.1) is 17.8 Å². The third kappa shape index (κ3) is 3.07. The number of likely N-dealkylation sites (tertiary alicyclic amines) is 1. The second-order valence-electron chi connectivity index (χ2n) is 5.78. The van der Waals surface area contributed by atoms with Gasteiger partial charge in [-0.05, 0) is 6.42 Å². The van der Waals surface area contributed by atoms with Crippen LogP contribution in [0.1, 0.15) is 23.6 Å². The molecule has 114 valence electrons. The molecule has 0 amide bonds. The van der Waals surface area contributed by atoms with Gasteiger partial charge in [0.2, 0.25) is 5.95 Å². The first kappa shape index (κ1) is 14.5. The molecule has 2 aromatic heterocycles. The highest BCUT2D eigenvalue weighted by Gasteiger charge is 2.24. The molecule has 2 aromatic rings. The van der Waals surface area contributed by atoms with Crippen molar-refractivity contribution in [1.29, 1.82) is 5.26 Å². The number of aromatic nitrogens is 4. The molecule has 1 aliphatic rings. The fourth-order valence-electron chi connectivity index (χ4n) is 2.69. The lowest BCUT2D eigenvalue weighted by Crippen LogP contribution is -2.22. The summed E-state index contributed by atoms with van der Waals surface area (Å²) in [5, 5.41) is 13.1. The van der Waals surface area contributed by atoms with Crippen molar-refractivity contribution in [2.24, 2.45) is 0 Å². The first-order valence-corrected chi connectivity index (χ1v) is 7.30. The maximum atomic E-state index is 8.87. The van der Waals surface area contributed by atoms with Crippen molar-refractivity contribution in [3.05, 3.63) is 35.9 Å². The zero-order chi connectivity index (χ0) is 15.5. The van der Waals surface area contributed by atoms with Crippen LogP contribution < -0.4 is 4.90 Å². The molecule has 0 aromatic carbocycles. The van der Waals surface area contributed by atoms with Crippen LogP contribution in [0.2, 0.25) is 0 Å². The van der Waals surface area contributed by atoms with Crippen molar-refractivity contribution < 1.29 is 0 Å². The second kappa shape index (κ2) is 6.12. The zero-order valence-electron chi connectivity index (χ0n) is 12.8. The fraction of sp³-hybridized carbons (Fsp3) is 0.467. The molecule has 3 heterocycles. The van der Waals surface area contributed by atoms with E-state index in [9.17, 15) is 0 Å². The van der Waals surface area contributed by atoms with Crippen molar-refractivity contribution in [1.82, 2.24) is 24.6 Å². The minimum Gasteiger partial charge on any atom is -0.347 e. The van der Waals surface area contributed by atoms with E-state index in [0.29, 0.717) is 11.6 Å². The van der Waals surface area contributed by atoms with Gasteiger partial charge in [0.25, 0.3) is 0 Å². The van der Waals surface area contributed by atoms with E-state index in [4.69, 9.17) is 5.26 Å². The lowest BCUT2D eigenvalue weighted by molar-refractivity contribution is 0.311.